The number of nitriles is 1. The van der Waals surface area contributed by atoms with Crippen molar-refractivity contribution in [3.05, 3.63) is 59.8 Å². The zero-order valence-electron chi connectivity index (χ0n) is 18.7. The number of halogens is 3. The molecule has 2 saturated heterocycles. The van der Waals surface area contributed by atoms with Gasteiger partial charge in [0.1, 0.15) is 0 Å². The van der Waals surface area contributed by atoms with Crippen molar-refractivity contribution in [1.29, 1.82) is 5.26 Å². The molecule has 0 bridgehead atoms. The Bertz CT molecular complexity index is 1310. The second-order valence-electron chi connectivity index (χ2n) is 8.50. The van der Waals surface area contributed by atoms with Gasteiger partial charge >= 0.3 is 6.18 Å². The van der Waals surface area contributed by atoms with Crippen molar-refractivity contribution < 1.29 is 13.2 Å². The molecule has 1 aromatic heterocycles. The SMILES string of the molecule is Cc1ccccc1N1C(=NC#N)N2CCN(c3nc4ccccc4nc3C(F)(F)F)CC2C1C. The van der Waals surface area contributed by atoms with Gasteiger partial charge in [-0.1, -0.05) is 30.3 Å². The predicted octanol–water partition coefficient (Wildman–Crippen LogP) is 4.19. The van der Waals surface area contributed by atoms with Gasteiger partial charge in [0.2, 0.25) is 12.2 Å². The van der Waals surface area contributed by atoms with E-state index in [0.29, 0.717) is 31.1 Å². The van der Waals surface area contributed by atoms with Crippen LogP contribution >= 0.6 is 0 Å². The number of aliphatic imine (C=N–C) groups is 1. The number of rotatable bonds is 2. The van der Waals surface area contributed by atoms with Gasteiger partial charge in [-0.25, -0.2) is 9.97 Å². The molecule has 3 aromatic rings. The summed E-state index contributed by atoms with van der Waals surface area (Å²) in [7, 11) is 0. The van der Waals surface area contributed by atoms with E-state index in [1.54, 1.807) is 23.1 Å². The van der Waals surface area contributed by atoms with E-state index in [-0.39, 0.29) is 23.4 Å². The average Bonchev–Trinajstić information content (AvgIpc) is 3.09. The largest absolute Gasteiger partial charge is 0.437 e. The molecule has 2 aliphatic heterocycles. The third-order valence-corrected chi connectivity index (χ3v) is 6.50. The fourth-order valence-corrected chi connectivity index (χ4v) is 4.88. The summed E-state index contributed by atoms with van der Waals surface area (Å²) in [5.74, 6) is 0.362. The molecule has 0 amide bonds. The highest BCUT2D eigenvalue weighted by Gasteiger charge is 2.47. The van der Waals surface area contributed by atoms with Gasteiger partial charge in [-0.2, -0.15) is 18.4 Å². The standard InChI is InChI=1S/C24H22F3N7/c1-15-7-3-6-10-19(15)34-16(2)20-13-32(11-12-33(20)23(34)29-14-28)22-21(24(25,26)27)30-17-8-4-5-9-18(17)31-22/h3-10,16,20H,11-13H2,1-2H3. The Labute approximate surface area is 194 Å². The molecule has 2 aliphatic rings. The molecule has 3 heterocycles. The maximum atomic E-state index is 14.0. The van der Waals surface area contributed by atoms with Crippen molar-refractivity contribution in [1.82, 2.24) is 14.9 Å². The minimum absolute atomic E-state index is 0.126. The Balaban J connectivity index is 1.55. The quantitative estimate of drug-likeness (QED) is 0.529. The molecule has 0 aliphatic carbocycles. The number of aromatic nitrogens is 2. The summed E-state index contributed by atoms with van der Waals surface area (Å²) < 4.78 is 41.9. The number of hydrogen-bond donors (Lipinski definition) is 0. The van der Waals surface area contributed by atoms with Crippen molar-refractivity contribution >= 4 is 28.5 Å². The van der Waals surface area contributed by atoms with Crippen LogP contribution in [0.5, 0.6) is 0 Å². The smallest absolute Gasteiger partial charge is 0.351 e. The lowest BCUT2D eigenvalue weighted by atomic mass is 10.1. The lowest BCUT2D eigenvalue weighted by Gasteiger charge is -2.39. The van der Waals surface area contributed by atoms with Crippen molar-refractivity contribution in [2.45, 2.75) is 32.1 Å². The van der Waals surface area contributed by atoms with Gasteiger partial charge in [-0.3, -0.25) is 0 Å². The molecule has 34 heavy (non-hydrogen) atoms. The Morgan fingerprint density at radius 2 is 1.71 bits per heavy atom. The van der Waals surface area contributed by atoms with Crippen LogP contribution in [-0.2, 0) is 6.18 Å². The molecular formula is C24H22F3N7. The molecule has 0 spiro atoms. The first kappa shape index (κ1) is 21.9. The van der Waals surface area contributed by atoms with Crippen molar-refractivity contribution in [2.75, 3.05) is 29.4 Å². The highest BCUT2D eigenvalue weighted by atomic mass is 19.4. The summed E-state index contributed by atoms with van der Waals surface area (Å²) in [5, 5.41) is 9.35. The molecule has 0 N–H and O–H groups in total. The number of piperazine rings is 1. The van der Waals surface area contributed by atoms with E-state index in [0.717, 1.165) is 11.3 Å². The van der Waals surface area contributed by atoms with Gasteiger partial charge in [0, 0.05) is 25.3 Å². The molecular weight excluding hydrogens is 443 g/mol. The lowest BCUT2D eigenvalue weighted by Crippen LogP contribution is -2.54. The Morgan fingerprint density at radius 3 is 2.38 bits per heavy atom. The van der Waals surface area contributed by atoms with Crippen LogP contribution in [0.15, 0.2) is 53.5 Å². The van der Waals surface area contributed by atoms with Crippen LogP contribution in [0.25, 0.3) is 11.0 Å². The van der Waals surface area contributed by atoms with Crippen LogP contribution in [0.1, 0.15) is 18.2 Å². The second-order valence-corrected chi connectivity index (χ2v) is 8.50. The molecule has 2 fully saturated rings. The minimum atomic E-state index is -4.63. The van der Waals surface area contributed by atoms with Gasteiger partial charge < -0.3 is 14.7 Å². The first-order valence-electron chi connectivity index (χ1n) is 11.0. The number of guanidine groups is 1. The summed E-state index contributed by atoms with van der Waals surface area (Å²) >= 11 is 0. The van der Waals surface area contributed by atoms with Crippen LogP contribution in [0.2, 0.25) is 0 Å². The number of anilines is 2. The van der Waals surface area contributed by atoms with Gasteiger partial charge in [0.25, 0.3) is 0 Å². The van der Waals surface area contributed by atoms with Gasteiger partial charge in [0.15, 0.2) is 11.5 Å². The molecule has 7 nitrogen and oxygen atoms in total. The zero-order valence-corrected chi connectivity index (χ0v) is 18.7. The summed E-state index contributed by atoms with van der Waals surface area (Å²) in [6.45, 7) is 4.99. The van der Waals surface area contributed by atoms with E-state index >= 15 is 0 Å². The lowest BCUT2D eigenvalue weighted by molar-refractivity contribution is -0.140. The Hall–Kier alpha value is -3.87. The van der Waals surface area contributed by atoms with Crippen LogP contribution < -0.4 is 9.80 Å². The van der Waals surface area contributed by atoms with Crippen molar-refractivity contribution in [3.63, 3.8) is 0 Å². The summed E-state index contributed by atoms with van der Waals surface area (Å²) in [6.07, 6.45) is -2.74. The van der Waals surface area contributed by atoms with E-state index in [1.165, 1.54) is 6.07 Å². The number of aryl methyl sites for hydroxylation is 1. The van der Waals surface area contributed by atoms with E-state index in [4.69, 9.17) is 0 Å². The first-order chi connectivity index (χ1) is 16.3. The monoisotopic (exact) mass is 465 g/mol. The summed E-state index contributed by atoms with van der Waals surface area (Å²) in [6, 6.07) is 14.1. The molecule has 0 saturated carbocycles. The van der Waals surface area contributed by atoms with Gasteiger partial charge in [0.05, 0.1) is 23.1 Å². The third-order valence-electron chi connectivity index (χ3n) is 6.50. The number of para-hydroxylation sites is 3. The molecule has 5 rings (SSSR count). The maximum Gasteiger partial charge on any atom is 0.437 e. The van der Waals surface area contributed by atoms with Crippen LogP contribution in [0.3, 0.4) is 0 Å². The number of benzene rings is 2. The van der Waals surface area contributed by atoms with Crippen LogP contribution in [0, 0.1) is 18.4 Å². The first-order valence-corrected chi connectivity index (χ1v) is 11.0. The second kappa shape index (κ2) is 8.17. The van der Waals surface area contributed by atoms with E-state index in [9.17, 15) is 18.4 Å². The van der Waals surface area contributed by atoms with Crippen LogP contribution in [-0.4, -0.2) is 52.5 Å². The number of alkyl halides is 3. The number of fused-ring (bicyclic) bond motifs is 2. The summed E-state index contributed by atoms with van der Waals surface area (Å²) in [4.78, 5) is 18.1. The Kier molecular flexibility index (Phi) is 5.27. The molecule has 0 radical (unpaired) electrons. The molecule has 2 atom stereocenters. The Morgan fingerprint density at radius 1 is 1.03 bits per heavy atom. The van der Waals surface area contributed by atoms with Crippen LogP contribution in [0.4, 0.5) is 24.7 Å². The molecule has 2 aromatic carbocycles. The molecule has 174 valence electrons. The predicted molar refractivity (Wildman–Crippen MR) is 123 cm³/mol. The topological polar surface area (TPSA) is 71.7 Å². The molecule has 10 heteroatoms. The fourth-order valence-electron chi connectivity index (χ4n) is 4.88. The molecule has 2 unspecified atom stereocenters. The number of hydrogen-bond acceptors (Lipinski definition) is 5. The average molecular weight is 465 g/mol. The van der Waals surface area contributed by atoms with E-state index in [2.05, 4.69) is 15.0 Å². The fraction of sp³-hybridized carbons (Fsp3) is 0.333. The highest BCUT2D eigenvalue weighted by molar-refractivity contribution is 6.00. The minimum Gasteiger partial charge on any atom is -0.351 e. The van der Waals surface area contributed by atoms with Crippen molar-refractivity contribution in [2.24, 2.45) is 4.99 Å². The maximum absolute atomic E-state index is 14.0. The van der Waals surface area contributed by atoms with Crippen molar-refractivity contribution in [3.8, 4) is 6.19 Å². The highest BCUT2D eigenvalue weighted by Crippen LogP contribution is 2.38. The van der Waals surface area contributed by atoms with Gasteiger partial charge in [-0.15, -0.1) is 4.99 Å². The van der Waals surface area contributed by atoms with E-state index in [1.807, 2.05) is 54.1 Å². The summed E-state index contributed by atoms with van der Waals surface area (Å²) in [5.41, 5.74) is 1.59. The number of nitrogens with zero attached hydrogens (tertiary/aromatic N) is 7. The third kappa shape index (κ3) is 3.57. The van der Waals surface area contributed by atoms with Gasteiger partial charge in [-0.05, 0) is 37.6 Å². The normalized spacial score (nSPS) is 21.8. The van der Waals surface area contributed by atoms with E-state index < -0.39 is 11.9 Å². The zero-order chi connectivity index (χ0) is 24.0.